The van der Waals surface area contributed by atoms with Crippen LogP contribution in [0.25, 0.3) is 11.1 Å². The fourth-order valence-electron chi connectivity index (χ4n) is 2.43. The van der Waals surface area contributed by atoms with Crippen molar-refractivity contribution in [1.29, 1.82) is 0 Å². The molecule has 21 heavy (non-hydrogen) atoms. The van der Waals surface area contributed by atoms with Gasteiger partial charge in [-0.05, 0) is 29.5 Å². The van der Waals surface area contributed by atoms with E-state index in [0.29, 0.717) is 13.2 Å². The Kier molecular flexibility index (Phi) is 4.31. The van der Waals surface area contributed by atoms with Crippen LogP contribution in [0, 0.1) is 0 Å². The van der Waals surface area contributed by atoms with E-state index in [2.05, 4.69) is 12.1 Å². The van der Waals surface area contributed by atoms with Crippen molar-refractivity contribution < 1.29 is 14.3 Å². The SMILES string of the molecule is O=C(OCc1ccc(-c2ccccc2)cc1)C1CCCO1. The van der Waals surface area contributed by atoms with Crippen molar-refractivity contribution in [3.8, 4) is 11.1 Å². The van der Waals surface area contributed by atoms with Crippen molar-refractivity contribution in [3.63, 3.8) is 0 Å². The Morgan fingerprint density at radius 3 is 2.43 bits per heavy atom. The van der Waals surface area contributed by atoms with E-state index in [1.807, 2.05) is 42.5 Å². The zero-order valence-electron chi connectivity index (χ0n) is 11.8. The molecular formula is C18H18O3. The fourth-order valence-corrected chi connectivity index (χ4v) is 2.43. The summed E-state index contributed by atoms with van der Waals surface area (Å²) in [5, 5.41) is 0. The standard InChI is InChI=1S/C18H18O3/c19-18(17-7-4-12-20-17)21-13-14-8-10-16(11-9-14)15-5-2-1-3-6-15/h1-3,5-6,8-11,17H,4,7,12-13H2. The van der Waals surface area contributed by atoms with Crippen LogP contribution in [0.2, 0.25) is 0 Å². The quantitative estimate of drug-likeness (QED) is 0.804. The average Bonchev–Trinajstić information content (AvgIpc) is 3.08. The molecule has 0 bridgehead atoms. The van der Waals surface area contributed by atoms with Crippen molar-refractivity contribution in [2.75, 3.05) is 6.61 Å². The van der Waals surface area contributed by atoms with Crippen molar-refractivity contribution in [1.82, 2.24) is 0 Å². The summed E-state index contributed by atoms with van der Waals surface area (Å²) >= 11 is 0. The van der Waals surface area contributed by atoms with Crippen LogP contribution < -0.4 is 0 Å². The fraction of sp³-hybridized carbons (Fsp3) is 0.278. The molecule has 2 aromatic rings. The maximum Gasteiger partial charge on any atom is 0.335 e. The van der Waals surface area contributed by atoms with E-state index < -0.39 is 0 Å². The van der Waals surface area contributed by atoms with E-state index in [4.69, 9.17) is 9.47 Å². The molecule has 0 aromatic heterocycles. The van der Waals surface area contributed by atoms with Crippen LogP contribution in [0.15, 0.2) is 54.6 Å². The van der Waals surface area contributed by atoms with Gasteiger partial charge in [-0.25, -0.2) is 4.79 Å². The van der Waals surface area contributed by atoms with Gasteiger partial charge in [-0.1, -0.05) is 54.6 Å². The Morgan fingerprint density at radius 2 is 1.76 bits per heavy atom. The molecule has 3 heteroatoms. The summed E-state index contributed by atoms with van der Waals surface area (Å²) in [5.41, 5.74) is 3.33. The molecule has 1 aliphatic heterocycles. The van der Waals surface area contributed by atoms with Gasteiger partial charge in [0, 0.05) is 6.61 Å². The van der Waals surface area contributed by atoms with Gasteiger partial charge in [0.05, 0.1) is 0 Å². The molecular weight excluding hydrogens is 264 g/mol. The number of hydrogen-bond acceptors (Lipinski definition) is 3. The topological polar surface area (TPSA) is 35.5 Å². The van der Waals surface area contributed by atoms with Crippen LogP contribution in [0.5, 0.6) is 0 Å². The van der Waals surface area contributed by atoms with E-state index in [9.17, 15) is 4.79 Å². The first-order chi connectivity index (χ1) is 10.3. The molecule has 0 saturated carbocycles. The third kappa shape index (κ3) is 3.50. The van der Waals surface area contributed by atoms with Crippen LogP contribution in [0.3, 0.4) is 0 Å². The summed E-state index contributed by atoms with van der Waals surface area (Å²) in [6.07, 6.45) is 1.34. The van der Waals surface area contributed by atoms with Gasteiger partial charge in [0.2, 0.25) is 0 Å². The highest BCUT2D eigenvalue weighted by atomic mass is 16.6. The Labute approximate surface area is 124 Å². The number of carbonyl (C=O) groups is 1. The molecule has 1 unspecified atom stereocenters. The lowest BCUT2D eigenvalue weighted by Crippen LogP contribution is -2.21. The first-order valence-corrected chi connectivity index (χ1v) is 7.25. The zero-order valence-corrected chi connectivity index (χ0v) is 11.8. The van der Waals surface area contributed by atoms with Crippen molar-refractivity contribution in [2.24, 2.45) is 0 Å². The molecule has 1 heterocycles. The highest BCUT2D eigenvalue weighted by Crippen LogP contribution is 2.20. The Morgan fingerprint density at radius 1 is 1.05 bits per heavy atom. The maximum atomic E-state index is 11.8. The second-order valence-corrected chi connectivity index (χ2v) is 5.17. The first-order valence-electron chi connectivity index (χ1n) is 7.25. The van der Waals surface area contributed by atoms with Gasteiger partial charge >= 0.3 is 5.97 Å². The van der Waals surface area contributed by atoms with E-state index in [0.717, 1.165) is 24.0 Å². The largest absolute Gasteiger partial charge is 0.459 e. The third-order valence-corrected chi connectivity index (χ3v) is 3.63. The molecule has 3 rings (SSSR count). The molecule has 0 N–H and O–H groups in total. The molecule has 1 aliphatic rings. The number of ether oxygens (including phenoxy) is 2. The second-order valence-electron chi connectivity index (χ2n) is 5.17. The lowest BCUT2D eigenvalue weighted by Gasteiger charge is -2.10. The molecule has 0 amide bonds. The minimum Gasteiger partial charge on any atom is -0.459 e. The number of hydrogen-bond donors (Lipinski definition) is 0. The molecule has 2 aromatic carbocycles. The summed E-state index contributed by atoms with van der Waals surface area (Å²) in [6.45, 7) is 0.958. The summed E-state index contributed by atoms with van der Waals surface area (Å²) < 4.78 is 10.6. The van der Waals surface area contributed by atoms with Gasteiger partial charge in [-0.3, -0.25) is 0 Å². The molecule has 0 aliphatic carbocycles. The van der Waals surface area contributed by atoms with Crippen molar-refractivity contribution in [3.05, 3.63) is 60.2 Å². The van der Waals surface area contributed by atoms with Crippen LogP contribution in [-0.4, -0.2) is 18.7 Å². The lowest BCUT2D eigenvalue weighted by molar-refractivity contribution is -0.155. The minimum atomic E-state index is -0.367. The minimum absolute atomic E-state index is 0.250. The number of esters is 1. The van der Waals surface area contributed by atoms with Gasteiger partial charge < -0.3 is 9.47 Å². The lowest BCUT2D eigenvalue weighted by atomic mass is 10.0. The number of rotatable bonds is 4. The van der Waals surface area contributed by atoms with E-state index in [1.54, 1.807) is 0 Å². The average molecular weight is 282 g/mol. The molecule has 0 spiro atoms. The molecule has 1 saturated heterocycles. The highest BCUT2D eigenvalue weighted by molar-refractivity contribution is 5.75. The highest BCUT2D eigenvalue weighted by Gasteiger charge is 2.24. The van der Waals surface area contributed by atoms with Gasteiger partial charge in [0.25, 0.3) is 0 Å². The van der Waals surface area contributed by atoms with E-state index >= 15 is 0 Å². The first kappa shape index (κ1) is 13.8. The van der Waals surface area contributed by atoms with Crippen LogP contribution in [-0.2, 0) is 20.9 Å². The van der Waals surface area contributed by atoms with Gasteiger partial charge in [-0.2, -0.15) is 0 Å². The third-order valence-electron chi connectivity index (χ3n) is 3.63. The van der Waals surface area contributed by atoms with Crippen LogP contribution >= 0.6 is 0 Å². The Bertz CT molecular complexity index is 584. The van der Waals surface area contributed by atoms with Crippen molar-refractivity contribution in [2.45, 2.75) is 25.6 Å². The second kappa shape index (κ2) is 6.55. The van der Waals surface area contributed by atoms with E-state index in [1.165, 1.54) is 5.56 Å². The Hall–Kier alpha value is -2.13. The zero-order chi connectivity index (χ0) is 14.5. The molecule has 1 atom stereocenters. The van der Waals surface area contributed by atoms with Gasteiger partial charge in [0.15, 0.2) is 6.10 Å². The van der Waals surface area contributed by atoms with Gasteiger partial charge in [0.1, 0.15) is 6.61 Å². The normalized spacial score (nSPS) is 17.6. The predicted molar refractivity (Wildman–Crippen MR) is 80.6 cm³/mol. The smallest absolute Gasteiger partial charge is 0.335 e. The van der Waals surface area contributed by atoms with Crippen LogP contribution in [0.4, 0.5) is 0 Å². The Balaban J connectivity index is 1.58. The number of benzene rings is 2. The van der Waals surface area contributed by atoms with Crippen molar-refractivity contribution >= 4 is 5.97 Å². The monoisotopic (exact) mass is 282 g/mol. The summed E-state index contributed by atoms with van der Waals surface area (Å²) in [6, 6.07) is 18.3. The van der Waals surface area contributed by atoms with E-state index in [-0.39, 0.29) is 12.1 Å². The number of carbonyl (C=O) groups excluding carboxylic acids is 1. The predicted octanol–water partition coefficient (Wildman–Crippen LogP) is 3.58. The summed E-state index contributed by atoms with van der Waals surface area (Å²) in [5.74, 6) is -0.250. The maximum absolute atomic E-state index is 11.8. The molecule has 108 valence electrons. The summed E-state index contributed by atoms with van der Waals surface area (Å²) in [4.78, 5) is 11.8. The molecule has 0 radical (unpaired) electrons. The summed E-state index contributed by atoms with van der Waals surface area (Å²) in [7, 11) is 0. The van der Waals surface area contributed by atoms with Gasteiger partial charge in [-0.15, -0.1) is 0 Å². The molecule has 3 nitrogen and oxygen atoms in total. The van der Waals surface area contributed by atoms with Crippen LogP contribution in [0.1, 0.15) is 18.4 Å². The molecule has 1 fully saturated rings.